The number of hydrogen-bond acceptors (Lipinski definition) is 6. The summed E-state index contributed by atoms with van der Waals surface area (Å²) in [5.41, 5.74) is 1.28. The smallest absolute Gasteiger partial charge is 0.244 e. The lowest BCUT2D eigenvalue weighted by atomic mass is 10.1. The SMILES string of the molecule is Cc1cc(-c2nc(C(C)C)n(CC(=O)N3CCN(c4ncccn4)CC3)n2)ccc1F. The van der Waals surface area contributed by atoms with E-state index in [2.05, 4.69) is 25.0 Å². The van der Waals surface area contributed by atoms with Gasteiger partial charge in [-0.1, -0.05) is 13.8 Å². The molecule has 0 spiro atoms. The molecule has 1 aliphatic heterocycles. The second-order valence-electron chi connectivity index (χ2n) is 7.99. The van der Waals surface area contributed by atoms with Crippen LogP contribution in [0.25, 0.3) is 11.4 Å². The lowest BCUT2D eigenvalue weighted by molar-refractivity contribution is -0.132. The molecule has 0 aliphatic carbocycles. The molecule has 0 saturated carbocycles. The molecule has 0 N–H and O–H groups in total. The van der Waals surface area contributed by atoms with Crippen LogP contribution in [0.1, 0.15) is 31.2 Å². The average Bonchev–Trinajstić information content (AvgIpc) is 3.20. The highest BCUT2D eigenvalue weighted by molar-refractivity contribution is 5.76. The van der Waals surface area contributed by atoms with Crippen molar-refractivity contribution in [2.24, 2.45) is 0 Å². The quantitative estimate of drug-likeness (QED) is 0.628. The largest absolute Gasteiger partial charge is 0.338 e. The molecule has 1 aromatic carbocycles. The maximum Gasteiger partial charge on any atom is 0.244 e. The van der Waals surface area contributed by atoms with Gasteiger partial charge in [-0.15, -0.1) is 0 Å². The van der Waals surface area contributed by atoms with Gasteiger partial charge in [-0.2, -0.15) is 5.10 Å². The van der Waals surface area contributed by atoms with Gasteiger partial charge in [0.25, 0.3) is 0 Å². The van der Waals surface area contributed by atoms with E-state index in [1.807, 2.05) is 18.7 Å². The van der Waals surface area contributed by atoms with Crippen LogP contribution in [0.3, 0.4) is 0 Å². The minimum Gasteiger partial charge on any atom is -0.338 e. The summed E-state index contributed by atoms with van der Waals surface area (Å²) in [5.74, 6) is 1.77. The van der Waals surface area contributed by atoms with Crippen LogP contribution in [-0.2, 0) is 11.3 Å². The van der Waals surface area contributed by atoms with E-state index in [1.165, 1.54) is 6.07 Å². The van der Waals surface area contributed by atoms with Gasteiger partial charge in [0.05, 0.1) is 0 Å². The third kappa shape index (κ3) is 4.55. The van der Waals surface area contributed by atoms with Crippen LogP contribution in [0.15, 0.2) is 36.7 Å². The Labute approximate surface area is 180 Å². The summed E-state index contributed by atoms with van der Waals surface area (Å²) in [4.78, 5) is 30.1. The van der Waals surface area contributed by atoms with E-state index in [-0.39, 0.29) is 24.2 Å². The van der Waals surface area contributed by atoms with Gasteiger partial charge in [0.15, 0.2) is 5.82 Å². The minimum atomic E-state index is -0.262. The zero-order chi connectivity index (χ0) is 22.0. The zero-order valence-corrected chi connectivity index (χ0v) is 18.0. The maximum atomic E-state index is 13.6. The van der Waals surface area contributed by atoms with E-state index < -0.39 is 0 Å². The molecular formula is C22H26FN7O. The number of halogens is 1. The van der Waals surface area contributed by atoms with Gasteiger partial charge in [0.1, 0.15) is 18.2 Å². The molecule has 0 bridgehead atoms. The molecule has 1 aliphatic rings. The molecule has 1 saturated heterocycles. The van der Waals surface area contributed by atoms with Crippen molar-refractivity contribution in [3.63, 3.8) is 0 Å². The lowest BCUT2D eigenvalue weighted by Gasteiger charge is -2.34. The number of carbonyl (C=O) groups is 1. The Balaban J connectivity index is 1.46. The topological polar surface area (TPSA) is 80.0 Å². The van der Waals surface area contributed by atoms with E-state index in [9.17, 15) is 9.18 Å². The molecule has 8 nitrogen and oxygen atoms in total. The van der Waals surface area contributed by atoms with Crippen LogP contribution in [-0.4, -0.2) is 61.7 Å². The van der Waals surface area contributed by atoms with Gasteiger partial charge in [-0.25, -0.2) is 24.0 Å². The van der Waals surface area contributed by atoms with Crippen molar-refractivity contribution in [2.45, 2.75) is 33.2 Å². The lowest BCUT2D eigenvalue weighted by Crippen LogP contribution is -2.50. The first-order valence-electron chi connectivity index (χ1n) is 10.4. The number of aromatic nitrogens is 5. The third-order valence-corrected chi connectivity index (χ3v) is 5.39. The first kappa shape index (κ1) is 20.9. The van der Waals surface area contributed by atoms with Crippen molar-refractivity contribution in [1.82, 2.24) is 29.6 Å². The number of amides is 1. The molecule has 1 fully saturated rings. The number of piperazine rings is 1. The Morgan fingerprint density at radius 3 is 2.48 bits per heavy atom. The highest BCUT2D eigenvalue weighted by Crippen LogP contribution is 2.22. The number of aryl methyl sites for hydroxylation is 1. The molecular weight excluding hydrogens is 397 g/mol. The van der Waals surface area contributed by atoms with Crippen molar-refractivity contribution in [3.05, 3.63) is 53.9 Å². The van der Waals surface area contributed by atoms with Crippen LogP contribution >= 0.6 is 0 Å². The van der Waals surface area contributed by atoms with Gasteiger partial charge >= 0.3 is 0 Å². The fraction of sp³-hybridized carbons (Fsp3) is 0.409. The summed E-state index contributed by atoms with van der Waals surface area (Å²) < 4.78 is 15.3. The van der Waals surface area contributed by atoms with E-state index in [1.54, 1.807) is 42.2 Å². The number of anilines is 1. The van der Waals surface area contributed by atoms with Gasteiger partial charge in [0.2, 0.25) is 11.9 Å². The summed E-state index contributed by atoms with van der Waals surface area (Å²) >= 11 is 0. The van der Waals surface area contributed by atoms with Crippen molar-refractivity contribution in [1.29, 1.82) is 0 Å². The molecule has 3 heterocycles. The summed E-state index contributed by atoms with van der Waals surface area (Å²) in [6.45, 7) is 8.45. The van der Waals surface area contributed by atoms with Crippen molar-refractivity contribution < 1.29 is 9.18 Å². The first-order chi connectivity index (χ1) is 14.9. The van der Waals surface area contributed by atoms with Gasteiger partial charge in [0, 0.05) is 50.1 Å². The second-order valence-corrected chi connectivity index (χ2v) is 7.99. The number of hydrogen-bond donors (Lipinski definition) is 0. The Hall–Kier alpha value is -3.36. The fourth-order valence-corrected chi connectivity index (χ4v) is 3.64. The predicted molar refractivity (Wildman–Crippen MR) is 115 cm³/mol. The van der Waals surface area contributed by atoms with E-state index in [0.717, 1.165) is 11.4 Å². The van der Waals surface area contributed by atoms with Gasteiger partial charge in [-0.05, 0) is 36.8 Å². The molecule has 0 unspecified atom stereocenters. The maximum absolute atomic E-state index is 13.6. The number of carbonyl (C=O) groups excluding carboxylic acids is 1. The van der Waals surface area contributed by atoms with E-state index in [0.29, 0.717) is 43.5 Å². The monoisotopic (exact) mass is 423 g/mol. The minimum absolute atomic E-state index is 0.00210. The van der Waals surface area contributed by atoms with Crippen molar-refractivity contribution in [2.75, 3.05) is 31.1 Å². The predicted octanol–water partition coefficient (Wildman–Crippen LogP) is 2.65. The van der Waals surface area contributed by atoms with Gasteiger partial charge in [-0.3, -0.25) is 4.79 Å². The molecule has 31 heavy (non-hydrogen) atoms. The Morgan fingerprint density at radius 1 is 1.13 bits per heavy atom. The normalized spacial score (nSPS) is 14.4. The Morgan fingerprint density at radius 2 is 1.84 bits per heavy atom. The number of benzene rings is 1. The van der Waals surface area contributed by atoms with Crippen LogP contribution in [0.5, 0.6) is 0 Å². The second kappa shape index (κ2) is 8.79. The molecule has 0 radical (unpaired) electrons. The van der Waals surface area contributed by atoms with Crippen molar-refractivity contribution >= 4 is 11.9 Å². The van der Waals surface area contributed by atoms with E-state index >= 15 is 0 Å². The molecule has 2 aromatic heterocycles. The highest BCUT2D eigenvalue weighted by Gasteiger charge is 2.24. The van der Waals surface area contributed by atoms with E-state index in [4.69, 9.17) is 0 Å². The Bertz CT molecular complexity index is 1060. The average molecular weight is 423 g/mol. The van der Waals surface area contributed by atoms with Gasteiger partial charge < -0.3 is 9.80 Å². The molecule has 3 aromatic rings. The third-order valence-electron chi connectivity index (χ3n) is 5.39. The van der Waals surface area contributed by atoms with Crippen LogP contribution in [0, 0.1) is 12.7 Å². The molecule has 4 rings (SSSR count). The van der Waals surface area contributed by atoms with Crippen molar-refractivity contribution in [3.8, 4) is 11.4 Å². The highest BCUT2D eigenvalue weighted by atomic mass is 19.1. The van der Waals surface area contributed by atoms with Crippen LogP contribution < -0.4 is 4.90 Å². The summed E-state index contributed by atoms with van der Waals surface area (Å²) in [7, 11) is 0. The Kier molecular flexibility index (Phi) is 5.92. The molecule has 162 valence electrons. The molecule has 0 atom stereocenters. The number of nitrogens with zero attached hydrogens (tertiary/aromatic N) is 7. The van der Waals surface area contributed by atoms with Crippen LogP contribution in [0.4, 0.5) is 10.3 Å². The summed E-state index contributed by atoms with van der Waals surface area (Å²) in [5, 5.41) is 4.58. The zero-order valence-electron chi connectivity index (χ0n) is 18.0. The molecule has 9 heteroatoms. The fourth-order valence-electron chi connectivity index (χ4n) is 3.64. The summed E-state index contributed by atoms with van der Waals surface area (Å²) in [6.07, 6.45) is 3.44. The molecule has 1 amide bonds. The standard InChI is InChI=1S/C22H26FN7O/c1-15(2)21-26-20(17-5-6-18(23)16(3)13-17)27-30(21)14-19(31)28-9-11-29(12-10-28)22-24-7-4-8-25-22/h4-8,13,15H,9-12,14H2,1-3H3. The number of rotatable bonds is 5. The summed E-state index contributed by atoms with van der Waals surface area (Å²) in [6, 6.07) is 6.60. The van der Waals surface area contributed by atoms with Crippen LogP contribution in [0.2, 0.25) is 0 Å². The first-order valence-corrected chi connectivity index (χ1v) is 10.4.